The predicted octanol–water partition coefficient (Wildman–Crippen LogP) is 13.5. The van der Waals surface area contributed by atoms with Crippen LogP contribution in [-0.4, -0.2) is 24.0 Å². The van der Waals surface area contributed by atoms with Crippen molar-refractivity contribution in [3.8, 4) is 0 Å². The highest BCUT2D eigenvalue weighted by Crippen LogP contribution is 2.62. The van der Waals surface area contributed by atoms with Crippen molar-refractivity contribution in [2.75, 3.05) is 18.1 Å². The SMILES string of the molecule is CCCCCCCCCCCCSC1=C(SCCCCCCCCCCCC)SC(=C2SC=C(C(=O)NCC)S2)S1. The lowest BCUT2D eigenvalue weighted by molar-refractivity contribution is -0.116. The van der Waals surface area contributed by atoms with Crippen LogP contribution in [0.5, 0.6) is 0 Å². The largest absolute Gasteiger partial charge is 0.352 e. The van der Waals surface area contributed by atoms with Gasteiger partial charge in [-0.15, -0.1) is 23.5 Å². The first kappa shape index (κ1) is 38.0. The normalized spacial score (nSPS) is 15.3. The molecule has 0 aliphatic carbocycles. The van der Waals surface area contributed by atoms with Gasteiger partial charge in [0.2, 0.25) is 0 Å². The van der Waals surface area contributed by atoms with Gasteiger partial charge >= 0.3 is 0 Å². The van der Waals surface area contributed by atoms with Crippen LogP contribution in [0.25, 0.3) is 0 Å². The highest BCUT2D eigenvalue weighted by Gasteiger charge is 2.29. The standard InChI is InChI=1S/C33H57NOS6/c1-4-7-9-11-13-15-17-19-21-23-25-36-30-31(37-26-24-22-20-18-16-14-12-10-8-5-2)41-33(40-30)32-38-27-28(39-32)29(35)34-6-3/h27H,4-26H2,1-3H3,(H,34,35). The maximum absolute atomic E-state index is 12.3. The molecule has 0 saturated carbocycles. The van der Waals surface area contributed by atoms with Gasteiger partial charge < -0.3 is 5.32 Å². The average Bonchev–Trinajstić information content (AvgIpc) is 3.62. The van der Waals surface area contributed by atoms with Crippen LogP contribution < -0.4 is 5.32 Å². The van der Waals surface area contributed by atoms with Gasteiger partial charge in [-0.25, -0.2) is 0 Å². The zero-order chi connectivity index (χ0) is 29.4. The van der Waals surface area contributed by atoms with Gasteiger partial charge in [-0.05, 0) is 36.7 Å². The molecule has 0 saturated heterocycles. The van der Waals surface area contributed by atoms with E-state index >= 15 is 0 Å². The molecule has 1 amide bonds. The second-order valence-electron chi connectivity index (χ2n) is 11.0. The number of nitrogens with one attached hydrogen (secondary N) is 1. The van der Waals surface area contributed by atoms with Gasteiger partial charge in [0.05, 0.1) is 21.9 Å². The van der Waals surface area contributed by atoms with Crippen molar-refractivity contribution in [1.29, 1.82) is 0 Å². The quantitative estimate of drug-likeness (QED) is 0.0913. The van der Waals surface area contributed by atoms with E-state index in [0.717, 1.165) is 4.91 Å². The number of carbonyl (C=O) groups excluding carboxylic acids is 1. The van der Waals surface area contributed by atoms with Crippen LogP contribution in [0.1, 0.15) is 149 Å². The number of unbranched alkanes of at least 4 members (excludes halogenated alkanes) is 18. The predicted molar refractivity (Wildman–Crippen MR) is 200 cm³/mol. The number of likely N-dealkylation sites (N-methyl/N-ethyl adjacent to an activating group) is 1. The molecule has 1 N–H and O–H groups in total. The molecule has 0 atom stereocenters. The summed E-state index contributed by atoms with van der Waals surface area (Å²) in [5, 5.41) is 4.98. The third-order valence-electron chi connectivity index (χ3n) is 7.20. The maximum Gasteiger partial charge on any atom is 0.258 e. The van der Waals surface area contributed by atoms with Gasteiger partial charge in [0, 0.05) is 6.54 Å². The summed E-state index contributed by atoms with van der Waals surface area (Å²) in [6.07, 6.45) is 27.9. The Kier molecular flexibility index (Phi) is 24.1. The Morgan fingerprint density at radius 3 is 1.41 bits per heavy atom. The summed E-state index contributed by atoms with van der Waals surface area (Å²) < 4.78 is 5.69. The van der Waals surface area contributed by atoms with Crippen LogP contribution in [0, 0.1) is 0 Å². The molecule has 0 aromatic heterocycles. The van der Waals surface area contributed by atoms with Gasteiger partial charge in [0.25, 0.3) is 5.91 Å². The molecular formula is C33H57NOS6. The minimum absolute atomic E-state index is 0.0627. The van der Waals surface area contributed by atoms with Crippen molar-refractivity contribution in [3.63, 3.8) is 0 Å². The van der Waals surface area contributed by atoms with Crippen LogP contribution >= 0.6 is 70.6 Å². The third-order valence-corrected chi connectivity index (χ3v) is 15.8. The first-order valence-electron chi connectivity index (χ1n) is 16.6. The second kappa shape index (κ2) is 26.1. The number of amides is 1. The molecule has 0 aromatic rings. The molecule has 0 radical (unpaired) electrons. The van der Waals surface area contributed by atoms with E-state index in [-0.39, 0.29) is 5.91 Å². The minimum Gasteiger partial charge on any atom is -0.352 e. The summed E-state index contributed by atoms with van der Waals surface area (Å²) in [4.78, 5) is 13.2. The number of carbonyl (C=O) groups is 1. The smallest absolute Gasteiger partial charge is 0.258 e. The molecule has 41 heavy (non-hydrogen) atoms. The zero-order valence-corrected chi connectivity index (χ0v) is 31.1. The Labute approximate surface area is 279 Å². The van der Waals surface area contributed by atoms with E-state index in [1.54, 1.807) is 23.5 Å². The molecule has 236 valence electrons. The maximum atomic E-state index is 12.3. The van der Waals surface area contributed by atoms with Gasteiger partial charge in [0.1, 0.15) is 0 Å². The zero-order valence-electron chi connectivity index (χ0n) is 26.2. The van der Waals surface area contributed by atoms with Crippen LogP contribution in [0.2, 0.25) is 0 Å². The fourth-order valence-corrected chi connectivity index (χ4v) is 13.2. The summed E-state index contributed by atoms with van der Waals surface area (Å²) in [6.45, 7) is 7.25. The number of hydrogen-bond acceptors (Lipinski definition) is 7. The number of rotatable bonds is 26. The minimum atomic E-state index is 0.0627. The topological polar surface area (TPSA) is 29.1 Å². The molecule has 0 bridgehead atoms. The average molecular weight is 676 g/mol. The number of hydrogen-bond donors (Lipinski definition) is 1. The fraction of sp³-hybridized carbons (Fsp3) is 0.788. The summed E-state index contributed by atoms with van der Waals surface area (Å²) in [5.41, 5.74) is 0. The summed E-state index contributed by atoms with van der Waals surface area (Å²) in [6, 6.07) is 0. The van der Waals surface area contributed by atoms with Crippen LogP contribution in [0.3, 0.4) is 0 Å². The molecular weight excluding hydrogens is 619 g/mol. The van der Waals surface area contributed by atoms with E-state index in [9.17, 15) is 4.79 Å². The number of thioether (sulfide) groups is 6. The van der Waals surface area contributed by atoms with Gasteiger partial charge in [-0.2, -0.15) is 0 Å². The van der Waals surface area contributed by atoms with Crippen LogP contribution in [0.15, 0.2) is 27.3 Å². The summed E-state index contributed by atoms with van der Waals surface area (Å²) >= 11 is 11.5. The van der Waals surface area contributed by atoms with E-state index in [2.05, 4.69) is 42.7 Å². The first-order valence-corrected chi connectivity index (χ1v) is 21.9. The molecule has 8 heteroatoms. The molecule has 0 fully saturated rings. The second-order valence-corrected chi connectivity index (χ2v) is 18.2. The Morgan fingerprint density at radius 2 is 1.00 bits per heavy atom. The lowest BCUT2D eigenvalue weighted by Gasteiger charge is -2.06. The molecule has 0 unspecified atom stereocenters. The van der Waals surface area contributed by atoms with E-state index in [0.29, 0.717) is 6.54 Å². The summed E-state index contributed by atoms with van der Waals surface area (Å²) in [5.74, 6) is 2.52. The molecule has 0 spiro atoms. The Hall–Kier alpha value is 0.790. The lowest BCUT2D eigenvalue weighted by Crippen LogP contribution is -2.22. The van der Waals surface area contributed by atoms with Crippen molar-refractivity contribution >= 4 is 76.5 Å². The van der Waals surface area contributed by atoms with Crippen LogP contribution in [0.4, 0.5) is 0 Å². The monoisotopic (exact) mass is 675 g/mol. The van der Waals surface area contributed by atoms with Gasteiger partial charge in [-0.1, -0.05) is 176 Å². The molecule has 2 nitrogen and oxygen atoms in total. The van der Waals surface area contributed by atoms with Crippen molar-refractivity contribution in [2.45, 2.75) is 149 Å². The van der Waals surface area contributed by atoms with Crippen molar-refractivity contribution in [2.24, 2.45) is 0 Å². The summed E-state index contributed by atoms with van der Waals surface area (Å²) in [7, 11) is 0. The molecule has 2 heterocycles. The van der Waals surface area contributed by atoms with Gasteiger partial charge in [-0.3, -0.25) is 4.79 Å². The molecule has 2 rings (SSSR count). The molecule has 2 aliphatic heterocycles. The van der Waals surface area contributed by atoms with E-state index < -0.39 is 0 Å². The van der Waals surface area contributed by atoms with Crippen molar-refractivity contribution in [1.82, 2.24) is 5.32 Å². The Bertz CT molecular complexity index is 770. The Balaban J connectivity index is 1.71. The highest BCUT2D eigenvalue weighted by atomic mass is 32.3. The van der Waals surface area contributed by atoms with E-state index in [1.165, 1.54) is 157 Å². The van der Waals surface area contributed by atoms with E-state index in [1.807, 2.05) is 35.9 Å². The highest BCUT2D eigenvalue weighted by molar-refractivity contribution is 8.42. The van der Waals surface area contributed by atoms with Crippen LogP contribution in [-0.2, 0) is 4.79 Å². The first-order chi connectivity index (χ1) is 20.2. The fourth-order valence-electron chi connectivity index (χ4n) is 4.73. The molecule has 2 aliphatic rings. The van der Waals surface area contributed by atoms with Crippen molar-refractivity contribution in [3.05, 3.63) is 27.3 Å². The van der Waals surface area contributed by atoms with Gasteiger partial charge in [0.15, 0.2) is 0 Å². The van der Waals surface area contributed by atoms with Crippen molar-refractivity contribution < 1.29 is 4.79 Å². The third kappa shape index (κ3) is 17.8. The Morgan fingerprint density at radius 1 is 0.585 bits per heavy atom. The molecule has 0 aromatic carbocycles. The lowest BCUT2D eigenvalue weighted by atomic mass is 10.1. The van der Waals surface area contributed by atoms with E-state index in [4.69, 9.17) is 0 Å².